The zero-order chi connectivity index (χ0) is 16.1. The van der Waals surface area contributed by atoms with Crippen molar-refractivity contribution in [1.29, 1.82) is 0 Å². The summed E-state index contributed by atoms with van der Waals surface area (Å²) in [7, 11) is 0. The SMILES string of the molecule is CCc1sc(NC(=O)COc2ccccc2)c(C(N)=O)c1C. The van der Waals surface area contributed by atoms with Gasteiger partial charge in [-0.15, -0.1) is 11.3 Å². The van der Waals surface area contributed by atoms with E-state index in [1.165, 1.54) is 11.3 Å². The Morgan fingerprint density at radius 1 is 1.27 bits per heavy atom. The zero-order valence-corrected chi connectivity index (χ0v) is 13.3. The molecule has 5 nitrogen and oxygen atoms in total. The van der Waals surface area contributed by atoms with Gasteiger partial charge < -0.3 is 15.8 Å². The Bertz CT molecular complexity index is 680. The van der Waals surface area contributed by atoms with E-state index >= 15 is 0 Å². The van der Waals surface area contributed by atoms with E-state index < -0.39 is 5.91 Å². The molecule has 0 aliphatic carbocycles. The first kappa shape index (κ1) is 16.0. The van der Waals surface area contributed by atoms with Crippen molar-refractivity contribution in [2.45, 2.75) is 20.3 Å². The fraction of sp³-hybridized carbons (Fsp3) is 0.250. The summed E-state index contributed by atoms with van der Waals surface area (Å²) in [5.41, 5.74) is 6.63. The van der Waals surface area contributed by atoms with E-state index in [1.807, 2.05) is 32.0 Å². The van der Waals surface area contributed by atoms with Crippen molar-refractivity contribution in [2.75, 3.05) is 11.9 Å². The maximum Gasteiger partial charge on any atom is 0.262 e. The second kappa shape index (κ2) is 7.09. The molecule has 0 saturated heterocycles. The van der Waals surface area contributed by atoms with Crippen LogP contribution in [0.2, 0.25) is 0 Å². The normalized spacial score (nSPS) is 10.3. The Balaban J connectivity index is 2.07. The number of carbonyl (C=O) groups excluding carboxylic acids is 2. The average molecular weight is 318 g/mol. The Morgan fingerprint density at radius 2 is 1.95 bits per heavy atom. The summed E-state index contributed by atoms with van der Waals surface area (Å²) in [6, 6.07) is 9.06. The molecule has 0 fully saturated rings. The van der Waals surface area contributed by atoms with Crippen LogP contribution in [-0.2, 0) is 11.2 Å². The van der Waals surface area contributed by atoms with Gasteiger partial charge in [-0.1, -0.05) is 25.1 Å². The van der Waals surface area contributed by atoms with E-state index in [0.29, 0.717) is 16.3 Å². The molecule has 2 rings (SSSR count). The van der Waals surface area contributed by atoms with Gasteiger partial charge in [0.25, 0.3) is 11.8 Å². The van der Waals surface area contributed by atoms with Crippen molar-refractivity contribution in [3.63, 3.8) is 0 Å². The number of hydrogen-bond acceptors (Lipinski definition) is 4. The number of benzene rings is 1. The van der Waals surface area contributed by atoms with Gasteiger partial charge in [-0.05, 0) is 31.0 Å². The predicted octanol–water partition coefficient (Wildman–Crippen LogP) is 2.74. The molecule has 3 N–H and O–H groups in total. The maximum atomic E-state index is 12.0. The summed E-state index contributed by atoms with van der Waals surface area (Å²) >= 11 is 1.38. The van der Waals surface area contributed by atoms with Crippen molar-refractivity contribution >= 4 is 28.2 Å². The minimum absolute atomic E-state index is 0.124. The highest BCUT2D eigenvalue weighted by atomic mass is 32.1. The molecule has 0 spiro atoms. The number of ether oxygens (including phenoxy) is 1. The molecule has 1 aromatic heterocycles. The summed E-state index contributed by atoms with van der Waals surface area (Å²) < 4.78 is 5.38. The van der Waals surface area contributed by atoms with Crippen LogP contribution in [0.25, 0.3) is 0 Å². The van der Waals surface area contributed by atoms with Crippen LogP contribution in [0.1, 0.15) is 27.7 Å². The standard InChI is InChI=1S/C16H18N2O3S/c1-3-12-10(2)14(15(17)20)16(22-12)18-13(19)9-21-11-7-5-4-6-8-11/h4-8H,3,9H2,1-2H3,(H2,17,20)(H,18,19). The van der Waals surface area contributed by atoms with Crippen LogP contribution in [0.3, 0.4) is 0 Å². The monoisotopic (exact) mass is 318 g/mol. The van der Waals surface area contributed by atoms with Crippen LogP contribution in [-0.4, -0.2) is 18.4 Å². The van der Waals surface area contributed by atoms with Crippen LogP contribution >= 0.6 is 11.3 Å². The quantitative estimate of drug-likeness (QED) is 0.859. The fourth-order valence-corrected chi connectivity index (χ4v) is 3.28. The summed E-state index contributed by atoms with van der Waals surface area (Å²) in [5.74, 6) is -0.243. The molecule has 0 aliphatic heterocycles. The molecule has 1 aromatic carbocycles. The number of anilines is 1. The van der Waals surface area contributed by atoms with Gasteiger partial charge in [0.15, 0.2) is 6.61 Å². The number of aryl methyl sites for hydroxylation is 1. The molecule has 0 saturated carbocycles. The largest absolute Gasteiger partial charge is 0.484 e. The fourth-order valence-electron chi connectivity index (χ4n) is 2.11. The molecule has 6 heteroatoms. The summed E-state index contributed by atoms with van der Waals surface area (Å²) in [6.45, 7) is 3.71. The summed E-state index contributed by atoms with van der Waals surface area (Å²) in [5, 5.41) is 3.20. The highest BCUT2D eigenvalue weighted by molar-refractivity contribution is 7.17. The molecule has 116 valence electrons. The molecule has 1 heterocycles. The molecule has 2 amide bonds. The lowest BCUT2D eigenvalue weighted by Gasteiger charge is -2.07. The molecule has 0 unspecified atom stereocenters. The van der Waals surface area contributed by atoms with Gasteiger partial charge in [-0.2, -0.15) is 0 Å². The van der Waals surface area contributed by atoms with E-state index in [2.05, 4.69) is 5.32 Å². The van der Waals surface area contributed by atoms with Crippen LogP contribution in [0.4, 0.5) is 5.00 Å². The first-order valence-electron chi connectivity index (χ1n) is 6.92. The molecule has 0 bridgehead atoms. The number of thiophene rings is 1. The molecule has 22 heavy (non-hydrogen) atoms. The number of nitrogens with two attached hydrogens (primary N) is 1. The summed E-state index contributed by atoms with van der Waals surface area (Å²) in [6.07, 6.45) is 0.785. The van der Waals surface area contributed by atoms with Gasteiger partial charge in [-0.25, -0.2) is 0 Å². The van der Waals surface area contributed by atoms with Crippen LogP contribution < -0.4 is 15.8 Å². The second-order valence-corrected chi connectivity index (χ2v) is 5.83. The highest BCUT2D eigenvalue weighted by Crippen LogP contribution is 2.33. The van der Waals surface area contributed by atoms with Gasteiger partial charge >= 0.3 is 0 Å². The van der Waals surface area contributed by atoms with Crippen LogP contribution in [0, 0.1) is 6.92 Å². The number of rotatable bonds is 6. The average Bonchev–Trinajstić information content (AvgIpc) is 2.82. The Kier molecular flexibility index (Phi) is 5.16. The number of hydrogen-bond donors (Lipinski definition) is 2. The first-order valence-corrected chi connectivity index (χ1v) is 7.74. The first-order chi connectivity index (χ1) is 10.5. The third-order valence-corrected chi connectivity index (χ3v) is 4.53. The predicted molar refractivity (Wildman–Crippen MR) is 87.5 cm³/mol. The molecular formula is C16H18N2O3S. The van der Waals surface area contributed by atoms with Gasteiger partial charge in [0.1, 0.15) is 10.8 Å². The van der Waals surface area contributed by atoms with Crippen LogP contribution in [0.5, 0.6) is 5.75 Å². The minimum Gasteiger partial charge on any atom is -0.484 e. The lowest BCUT2D eigenvalue weighted by Crippen LogP contribution is -2.22. The van der Waals surface area contributed by atoms with E-state index in [1.54, 1.807) is 12.1 Å². The smallest absolute Gasteiger partial charge is 0.262 e. The summed E-state index contributed by atoms with van der Waals surface area (Å²) in [4.78, 5) is 24.6. The van der Waals surface area contributed by atoms with Crippen molar-refractivity contribution in [3.05, 3.63) is 46.3 Å². The van der Waals surface area contributed by atoms with E-state index in [0.717, 1.165) is 16.9 Å². The van der Waals surface area contributed by atoms with Crippen molar-refractivity contribution in [1.82, 2.24) is 0 Å². The van der Waals surface area contributed by atoms with Crippen molar-refractivity contribution in [3.8, 4) is 5.75 Å². The van der Waals surface area contributed by atoms with Crippen molar-refractivity contribution in [2.24, 2.45) is 5.73 Å². The Hall–Kier alpha value is -2.34. The Labute approximate surface area is 133 Å². The van der Waals surface area contributed by atoms with Gasteiger partial charge in [0, 0.05) is 4.88 Å². The van der Waals surface area contributed by atoms with Gasteiger partial charge in [-0.3, -0.25) is 9.59 Å². The highest BCUT2D eigenvalue weighted by Gasteiger charge is 2.20. The minimum atomic E-state index is -0.535. The molecule has 0 atom stereocenters. The number of carbonyl (C=O) groups is 2. The number of amides is 2. The number of para-hydroxylation sites is 1. The third kappa shape index (κ3) is 3.65. The lowest BCUT2D eigenvalue weighted by atomic mass is 10.1. The van der Waals surface area contributed by atoms with E-state index in [9.17, 15) is 9.59 Å². The second-order valence-electron chi connectivity index (χ2n) is 4.72. The molecular weight excluding hydrogens is 300 g/mol. The Morgan fingerprint density at radius 3 is 2.55 bits per heavy atom. The topological polar surface area (TPSA) is 81.4 Å². The zero-order valence-electron chi connectivity index (χ0n) is 12.5. The molecule has 0 radical (unpaired) electrons. The third-order valence-electron chi connectivity index (χ3n) is 3.18. The number of primary amides is 1. The molecule has 2 aromatic rings. The molecule has 0 aliphatic rings. The van der Waals surface area contributed by atoms with E-state index in [-0.39, 0.29) is 12.5 Å². The van der Waals surface area contributed by atoms with Gasteiger partial charge in [0.05, 0.1) is 5.56 Å². The van der Waals surface area contributed by atoms with Crippen molar-refractivity contribution < 1.29 is 14.3 Å². The maximum absolute atomic E-state index is 12.0. The van der Waals surface area contributed by atoms with Crippen LogP contribution in [0.15, 0.2) is 30.3 Å². The van der Waals surface area contributed by atoms with E-state index in [4.69, 9.17) is 10.5 Å². The lowest BCUT2D eigenvalue weighted by molar-refractivity contribution is -0.118. The van der Waals surface area contributed by atoms with Gasteiger partial charge in [0.2, 0.25) is 0 Å². The number of nitrogens with one attached hydrogen (secondary N) is 1.